The Morgan fingerprint density at radius 1 is 1.04 bits per heavy atom. The van der Waals surface area contributed by atoms with E-state index in [1.54, 1.807) is 13.2 Å². The molecule has 27 heavy (non-hydrogen) atoms. The maximum absolute atomic E-state index is 10.4. The fraction of sp³-hybridized carbons (Fsp3) is 0.524. The van der Waals surface area contributed by atoms with E-state index in [0.717, 1.165) is 68.4 Å². The molecular formula is C21H27N3O3. The topological polar surface area (TPSA) is 87.5 Å². The van der Waals surface area contributed by atoms with Gasteiger partial charge in [-0.2, -0.15) is 0 Å². The summed E-state index contributed by atoms with van der Waals surface area (Å²) in [5.74, 6) is 1.56. The number of anilines is 1. The van der Waals surface area contributed by atoms with Crippen molar-refractivity contribution < 1.29 is 14.9 Å². The molecule has 1 heterocycles. The molecule has 4 rings (SSSR count). The second-order valence-corrected chi connectivity index (χ2v) is 7.55. The Balaban J connectivity index is 1.71. The maximum atomic E-state index is 10.4. The zero-order valence-electron chi connectivity index (χ0n) is 15.7. The monoisotopic (exact) mass is 369 g/mol. The minimum absolute atomic E-state index is 0.0410. The van der Waals surface area contributed by atoms with Gasteiger partial charge < -0.3 is 20.3 Å². The molecule has 144 valence electrons. The molecular weight excluding hydrogens is 342 g/mol. The van der Waals surface area contributed by atoms with Crippen molar-refractivity contribution in [1.82, 2.24) is 10.2 Å². The van der Waals surface area contributed by atoms with Crippen molar-refractivity contribution in [2.24, 2.45) is 0 Å². The average Bonchev–Trinajstić information content (AvgIpc) is 2.70. The number of aliphatic hydroxyl groups is 1. The van der Waals surface area contributed by atoms with Gasteiger partial charge in [-0.15, -0.1) is 10.2 Å². The van der Waals surface area contributed by atoms with Crippen LogP contribution in [0.4, 0.5) is 5.82 Å². The van der Waals surface area contributed by atoms with E-state index in [0.29, 0.717) is 11.3 Å². The van der Waals surface area contributed by atoms with E-state index < -0.39 is 0 Å². The molecule has 0 unspecified atom stereocenters. The Bertz CT molecular complexity index is 825. The van der Waals surface area contributed by atoms with Crippen molar-refractivity contribution in [3.05, 3.63) is 29.3 Å². The fourth-order valence-electron chi connectivity index (χ4n) is 4.28. The Kier molecular flexibility index (Phi) is 5.16. The van der Waals surface area contributed by atoms with Crippen molar-refractivity contribution in [3.8, 4) is 22.8 Å². The van der Waals surface area contributed by atoms with E-state index in [4.69, 9.17) is 4.74 Å². The molecule has 0 bridgehead atoms. The molecule has 1 fully saturated rings. The summed E-state index contributed by atoms with van der Waals surface area (Å²) < 4.78 is 5.18. The first-order valence-corrected chi connectivity index (χ1v) is 9.88. The highest BCUT2D eigenvalue weighted by Crippen LogP contribution is 2.38. The summed E-state index contributed by atoms with van der Waals surface area (Å²) in [6.07, 6.45) is 7.77. The van der Waals surface area contributed by atoms with Crippen LogP contribution in [-0.4, -0.2) is 39.7 Å². The van der Waals surface area contributed by atoms with E-state index in [1.165, 1.54) is 5.56 Å². The van der Waals surface area contributed by atoms with Gasteiger partial charge in [-0.1, -0.05) is 12.8 Å². The van der Waals surface area contributed by atoms with Gasteiger partial charge in [0.15, 0.2) is 5.82 Å². The number of fused-ring (bicyclic) bond motifs is 1. The van der Waals surface area contributed by atoms with E-state index in [-0.39, 0.29) is 17.9 Å². The number of nitrogens with zero attached hydrogens (tertiary/aromatic N) is 2. The lowest BCUT2D eigenvalue weighted by Gasteiger charge is -2.30. The summed E-state index contributed by atoms with van der Waals surface area (Å²) in [5, 5.41) is 33.1. The minimum Gasteiger partial charge on any atom is -0.507 e. The standard InChI is InChI=1S/C21H27N3O3/c1-27-13-10-11-16(19(26)12-13)20-14-6-2-3-7-15(14)21(24-23-20)22-17-8-4-5-9-18(17)25/h10-12,17-18,25-26H,2-9H2,1H3,(H,22,24)/t17-,18-/m1/s1. The summed E-state index contributed by atoms with van der Waals surface area (Å²) in [6, 6.07) is 5.32. The number of hydrogen-bond donors (Lipinski definition) is 3. The van der Waals surface area contributed by atoms with Crippen molar-refractivity contribution in [2.45, 2.75) is 63.5 Å². The van der Waals surface area contributed by atoms with Gasteiger partial charge in [0.2, 0.25) is 0 Å². The number of methoxy groups -OCH3 is 1. The lowest BCUT2D eigenvalue weighted by molar-refractivity contribution is 0.116. The lowest BCUT2D eigenvalue weighted by Crippen LogP contribution is -2.37. The number of aliphatic hydroxyl groups excluding tert-OH is 1. The van der Waals surface area contributed by atoms with Crippen LogP contribution >= 0.6 is 0 Å². The SMILES string of the molecule is COc1ccc(-c2nnc(N[C@@H]3CCCC[C@H]3O)c3c2CCCC3)c(O)c1. The molecule has 0 aliphatic heterocycles. The molecule has 0 amide bonds. The van der Waals surface area contributed by atoms with Crippen LogP contribution in [0.2, 0.25) is 0 Å². The van der Waals surface area contributed by atoms with Gasteiger partial charge in [-0.3, -0.25) is 0 Å². The Morgan fingerprint density at radius 3 is 2.56 bits per heavy atom. The molecule has 1 aromatic carbocycles. The molecule has 2 aliphatic carbocycles. The second-order valence-electron chi connectivity index (χ2n) is 7.55. The van der Waals surface area contributed by atoms with E-state index in [2.05, 4.69) is 15.5 Å². The molecule has 2 aromatic rings. The third kappa shape index (κ3) is 3.58. The number of nitrogens with one attached hydrogen (secondary N) is 1. The summed E-state index contributed by atoms with van der Waals surface area (Å²) in [5.41, 5.74) is 3.77. The summed E-state index contributed by atoms with van der Waals surface area (Å²) >= 11 is 0. The third-order valence-corrected chi connectivity index (χ3v) is 5.80. The van der Waals surface area contributed by atoms with Crippen molar-refractivity contribution >= 4 is 5.82 Å². The molecule has 3 N–H and O–H groups in total. The highest BCUT2D eigenvalue weighted by molar-refractivity contribution is 5.73. The Morgan fingerprint density at radius 2 is 1.81 bits per heavy atom. The van der Waals surface area contributed by atoms with Gasteiger partial charge in [0.1, 0.15) is 17.2 Å². The summed E-state index contributed by atoms with van der Waals surface area (Å²) in [7, 11) is 1.58. The predicted molar refractivity (Wildman–Crippen MR) is 104 cm³/mol. The zero-order chi connectivity index (χ0) is 18.8. The largest absolute Gasteiger partial charge is 0.507 e. The predicted octanol–water partition coefficient (Wildman–Crippen LogP) is 3.45. The van der Waals surface area contributed by atoms with E-state index >= 15 is 0 Å². The van der Waals surface area contributed by atoms with Gasteiger partial charge in [-0.25, -0.2) is 0 Å². The van der Waals surface area contributed by atoms with Crippen LogP contribution in [0, 0.1) is 0 Å². The first-order chi connectivity index (χ1) is 13.2. The van der Waals surface area contributed by atoms with Gasteiger partial charge in [0.05, 0.1) is 19.3 Å². The molecule has 0 radical (unpaired) electrons. The minimum atomic E-state index is -0.329. The molecule has 6 nitrogen and oxygen atoms in total. The summed E-state index contributed by atoms with van der Waals surface area (Å²) in [6.45, 7) is 0. The van der Waals surface area contributed by atoms with Crippen LogP contribution in [0.25, 0.3) is 11.3 Å². The zero-order valence-corrected chi connectivity index (χ0v) is 15.7. The average molecular weight is 369 g/mol. The van der Waals surface area contributed by atoms with Gasteiger partial charge in [0.25, 0.3) is 0 Å². The van der Waals surface area contributed by atoms with Crippen LogP contribution in [-0.2, 0) is 12.8 Å². The number of ether oxygens (including phenoxy) is 1. The lowest BCUT2D eigenvalue weighted by atomic mass is 9.88. The van der Waals surface area contributed by atoms with Gasteiger partial charge in [-0.05, 0) is 56.2 Å². The Labute approximate surface area is 159 Å². The number of hydrogen-bond acceptors (Lipinski definition) is 6. The number of rotatable bonds is 4. The molecule has 6 heteroatoms. The molecule has 1 aromatic heterocycles. The van der Waals surface area contributed by atoms with Crippen LogP contribution < -0.4 is 10.1 Å². The number of aromatic nitrogens is 2. The van der Waals surface area contributed by atoms with Crippen LogP contribution in [0.5, 0.6) is 11.5 Å². The normalized spacial score (nSPS) is 22.1. The number of phenols is 1. The number of phenolic OH excluding ortho intramolecular Hbond substituents is 1. The summed E-state index contributed by atoms with van der Waals surface area (Å²) in [4.78, 5) is 0. The smallest absolute Gasteiger partial charge is 0.152 e. The van der Waals surface area contributed by atoms with Crippen molar-refractivity contribution in [1.29, 1.82) is 0 Å². The maximum Gasteiger partial charge on any atom is 0.152 e. The van der Waals surface area contributed by atoms with Crippen LogP contribution in [0.1, 0.15) is 49.7 Å². The number of benzene rings is 1. The quantitative estimate of drug-likeness (QED) is 0.765. The first kappa shape index (κ1) is 18.0. The van der Waals surface area contributed by atoms with Gasteiger partial charge in [0, 0.05) is 17.2 Å². The highest BCUT2D eigenvalue weighted by atomic mass is 16.5. The third-order valence-electron chi connectivity index (χ3n) is 5.80. The second kappa shape index (κ2) is 7.72. The fourth-order valence-corrected chi connectivity index (χ4v) is 4.28. The van der Waals surface area contributed by atoms with Gasteiger partial charge >= 0.3 is 0 Å². The van der Waals surface area contributed by atoms with Crippen molar-refractivity contribution in [2.75, 3.05) is 12.4 Å². The first-order valence-electron chi connectivity index (χ1n) is 9.88. The van der Waals surface area contributed by atoms with E-state index in [9.17, 15) is 10.2 Å². The highest BCUT2D eigenvalue weighted by Gasteiger charge is 2.27. The van der Waals surface area contributed by atoms with Crippen LogP contribution in [0.15, 0.2) is 18.2 Å². The van der Waals surface area contributed by atoms with E-state index in [1.807, 2.05) is 12.1 Å². The molecule has 2 atom stereocenters. The molecule has 2 aliphatic rings. The molecule has 0 spiro atoms. The molecule has 0 saturated heterocycles. The van der Waals surface area contributed by atoms with Crippen LogP contribution in [0.3, 0.4) is 0 Å². The number of aromatic hydroxyl groups is 1. The Hall–Kier alpha value is -2.34. The van der Waals surface area contributed by atoms with Crippen molar-refractivity contribution in [3.63, 3.8) is 0 Å². The molecule has 1 saturated carbocycles.